The number of rotatable bonds is 3. The Labute approximate surface area is 130 Å². The van der Waals surface area contributed by atoms with Gasteiger partial charge in [-0.3, -0.25) is 4.79 Å². The molecule has 0 fully saturated rings. The molecule has 0 radical (unpaired) electrons. The maximum atomic E-state index is 12.6. The van der Waals surface area contributed by atoms with Crippen LogP contribution in [0.4, 0.5) is 0 Å². The van der Waals surface area contributed by atoms with Crippen molar-refractivity contribution in [2.45, 2.75) is 20.4 Å². The van der Waals surface area contributed by atoms with E-state index >= 15 is 0 Å². The van der Waals surface area contributed by atoms with E-state index in [9.17, 15) is 4.79 Å². The summed E-state index contributed by atoms with van der Waals surface area (Å²) in [6, 6.07) is 14.0. The van der Waals surface area contributed by atoms with Gasteiger partial charge in [-0.25, -0.2) is 4.98 Å². The van der Waals surface area contributed by atoms with Gasteiger partial charge in [-0.05, 0) is 37.1 Å². The number of benzene rings is 1. The lowest BCUT2D eigenvalue weighted by Crippen LogP contribution is -2.26. The average molecular weight is 293 g/mol. The van der Waals surface area contributed by atoms with Crippen molar-refractivity contribution in [3.8, 4) is 0 Å². The minimum atomic E-state index is -0.0636. The first-order chi connectivity index (χ1) is 10.6. The van der Waals surface area contributed by atoms with E-state index < -0.39 is 0 Å². The molecule has 4 heteroatoms. The third-order valence-corrected chi connectivity index (χ3v) is 3.93. The zero-order valence-corrected chi connectivity index (χ0v) is 13.1. The van der Waals surface area contributed by atoms with Crippen LogP contribution in [0, 0.1) is 13.8 Å². The summed E-state index contributed by atoms with van der Waals surface area (Å²) in [5.74, 6) is -0.0636. The van der Waals surface area contributed by atoms with Crippen LogP contribution in [-0.2, 0) is 6.54 Å². The molecule has 0 aliphatic heterocycles. The zero-order chi connectivity index (χ0) is 15.7. The lowest BCUT2D eigenvalue weighted by Gasteiger charge is -2.17. The second-order valence-electron chi connectivity index (χ2n) is 5.61. The normalized spacial score (nSPS) is 10.9. The Morgan fingerprint density at radius 2 is 1.91 bits per heavy atom. The van der Waals surface area contributed by atoms with Crippen LogP contribution < -0.4 is 0 Å². The van der Waals surface area contributed by atoms with E-state index in [1.54, 1.807) is 11.1 Å². The molecule has 3 aromatic rings. The molecule has 0 N–H and O–H groups in total. The molecule has 1 amide bonds. The van der Waals surface area contributed by atoms with Gasteiger partial charge in [0.2, 0.25) is 0 Å². The number of aryl methyl sites for hydroxylation is 2. The summed E-state index contributed by atoms with van der Waals surface area (Å²) in [6.07, 6.45) is 1.81. The fourth-order valence-corrected chi connectivity index (χ4v) is 2.56. The van der Waals surface area contributed by atoms with E-state index in [2.05, 4.69) is 18.0 Å². The first-order valence-electron chi connectivity index (χ1n) is 7.31. The van der Waals surface area contributed by atoms with Crippen molar-refractivity contribution in [1.82, 2.24) is 14.3 Å². The highest BCUT2D eigenvalue weighted by atomic mass is 16.2. The molecule has 112 valence electrons. The van der Waals surface area contributed by atoms with Crippen molar-refractivity contribution in [3.05, 3.63) is 71.2 Å². The number of fused-ring (bicyclic) bond motifs is 1. The van der Waals surface area contributed by atoms with Crippen LogP contribution >= 0.6 is 0 Å². The molecular formula is C18H19N3O. The van der Waals surface area contributed by atoms with Crippen molar-refractivity contribution < 1.29 is 4.79 Å². The standard InChI is InChI=1S/C18H19N3O/c1-13-7-4-5-9-15(13)11-20(3)18(22)16-12-21-14(2)8-6-10-17(21)19-16/h4-10,12H,11H2,1-3H3. The highest BCUT2D eigenvalue weighted by molar-refractivity contribution is 5.92. The Balaban J connectivity index is 1.86. The largest absolute Gasteiger partial charge is 0.336 e. The summed E-state index contributed by atoms with van der Waals surface area (Å²) >= 11 is 0. The van der Waals surface area contributed by atoms with E-state index in [-0.39, 0.29) is 5.91 Å². The van der Waals surface area contributed by atoms with Crippen molar-refractivity contribution in [3.63, 3.8) is 0 Å². The van der Waals surface area contributed by atoms with Gasteiger partial charge in [0.1, 0.15) is 11.3 Å². The number of carbonyl (C=O) groups excluding carboxylic acids is 1. The Hall–Kier alpha value is -2.62. The van der Waals surface area contributed by atoms with Crippen LogP contribution in [0.25, 0.3) is 5.65 Å². The maximum absolute atomic E-state index is 12.6. The monoisotopic (exact) mass is 293 g/mol. The van der Waals surface area contributed by atoms with Gasteiger partial charge >= 0.3 is 0 Å². The average Bonchev–Trinajstić information content (AvgIpc) is 2.94. The molecule has 0 saturated heterocycles. The second-order valence-corrected chi connectivity index (χ2v) is 5.61. The smallest absolute Gasteiger partial charge is 0.274 e. The topological polar surface area (TPSA) is 37.6 Å². The van der Waals surface area contributed by atoms with Crippen LogP contribution in [0.15, 0.2) is 48.7 Å². The van der Waals surface area contributed by atoms with E-state index in [4.69, 9.17) is 0 Å². The van der Waals surface area contributed by atoms with E-state index in [0.717, 1.165) is 16.9 Å². The number of pyridine rings is 1. The number of hydrogen-bond donors (Lipinski definition) is 0. The number of hydrogen-bond acceptors (Lipinski definition) is 2. The van der Waals surface area contributed by atoms with Gasteiger partial charge < -0.3 is 9.30 Å². The van der Waals surface area contributed by atoms with Gasteiger partial charge in [-0.2, -0.15) is 0 Å². The molecule has 22 heavy (non-hydrogen) atoms. The van der Waals surface area contributed by atoms with Crippen molar-refractivity contribution >= 4 is 11.6 Å². The molecular weight excluding hydrogens is 274 g/mol. The molecule has 2 heterocycles. The summed E-state index contributed by atoms with van der Waals surface area (Å²) < 4.78 is 1.94. The van der Waals surface area contributed by atoms with Crippen LogP contribution in [0.1, 0.15) is 27.3 Å². The van der Waals surface area contributed by atoms with Crippen molar-refractivity contribution in [2.24, 2.45) is 0 Å². The Bertz CT molecular complexity index is 835. The maximum Gasteiger partial charge on any atom is 0.274 e. The summed E-state index contributed by atoms with van der Waals surface area (Å²) in [6.45, 7) is 4.64. The second kappa shape index (κ2) is 5.64. The molecule has 0 saturated carbocycles. The van der Waals surface area contributed by atoms with E-state index in [0.29, 0.717) is 12.2 Å². The van der Waals surface area contributed by atoms with Gasteiger partial charge in [0.05, 0.1) is 0 Å². The van der Waals surface area contributed by atoms with Crippen molar-refractivity contribution in [1.29, 1.82) is 0 Å². The lowest BCUT2D eigenvalue weighted by atomic mass is 10.1. The SMILES string of the molecule is Cc1ccccc1CN(C)C(=O)c1cn2c(C)cccc2n1. The Kier molecular flexibility index (Phi) is 3.67. The molecule has 0 aliphatic carbocycles. The van der Waals surface area contributed by atoms with Gasteiger partial charge in [0, 0.05) is 25.5 Å². The number of carbonyl (C=O) groups is 1. The predicted octanol–water partition coefficient (Wildman–Crippen LogP) is 3.22. The minimum Gasteiger partial charge on any atom is -0.336 e. The third-order valence-electron chi connectivity index (χ3n) is 3.93. The molecule has 2 aromatic heterocycles. The summed E-state index contributed by atoms with van der Waals surface area (Å²) in [4.78, 5) is 18.7. The van der Waals surface area contributed by atoms with Crippen LogP contribution in [-0.4, -0.2) is 27.2 Å². The lowest BCUT2D eigenvalue weighted by molar-refractivity contribution is 0.0780. The van der Waals surface area contributed by atoms with Crippen LogP contribution in [0.3, 0.4) is 0 Å². The highest BCUT2D eigenvalue weighted by Crippen LogP contribution is 2.13. The number of nitrogens with zero attached hydrogens (tertiary/aromatic N) is 3. The fraction of sp³-hybridized carbons (Fsp3) is 0.222. The Morgan fingerprint density at radius 1 is 1.14 bits per heavy atom. The van der Waals surface area contributed by atoms with Gasteiger partial charge in [0.25, 0.3) is 5.91 Å². The van der Waals surface area contributed by atoms with Crippen LogP contribution in [0.5, 0.6) is 0 Å². The quantitative estimate of drug-likeness (QED) is 0.743. The number of amides is 1. The summed E-state index contributed by atoms with van der Waals surface area (Å²) in [5.41, 5.74) is 4.68. The van der Waals surface area contributed by atoms with Crippen molar-refractivity contribution in [2.75, 3.05) is 7.05 Å². The number of imidazole rings is 1. The zero-order valence-electron chi connectivity index (χ0n) is 13.1. The first kappa shape index (κ1) is 14.3. The van der Waals surface area contributed by atoms with E-state index in [1.807, 2.05) is 54.8 Å². The molecule has 0 atom stereocenters. The Morgan fingerprint density at radius 3 is 2.64 bits per heavy atom. The van der Waals surface area contributed by atoms with Crippen LogP contribution in [0.2, 0.25) is 0 Å². The van der Waals surface area contributed by atoms with Gasteiger partial charge in [-0.15, -0.1) is 0 Å². The van der Waals surface area contributed by atoms with Gasteiger partial charge in [-0.1, -0.05) is 30.3 Å². The molecule has 0 bridgehead atoms. The fourth-order valence-electron chi connectivity index (χ4n) is 2.56. The van der Waals surface area contributed by atoms with Gasteiger partial charge in [0.15, 0.2) is 0 Å². The van der Waals surface area contributed by atoms with E-state index in [1.165, 1.54) is 5.56 Å². The molecule has 4 nitrogen and oxygen atoms in total. The number of aromatic nitrogens is 2. The summed E-state index contributed by atoms with van der Waals surface area (Å²) in [7, 11) is 1.81. The summed E-state index contributed by atoms with van der Waals surface area (Å²) in [5, 5.41) is 0. The highest BCUT2D eigenvalue weighted by Gasteiger charge is 2.16. The first-order valence-corrected chi connectivity index (χ1v) is 7.31. The third kappa shape index (κ3) is 2.60. The molecule has 0 spiro atoms. The molecule has 0 unspecified atom stereocenters. The molecule has 1 aromatic carbocycles. The predicted molar refractivity (Wildman–Crippen MR) is 86.9 cm³/mol. The molecule has 3 rings (SSSR count). The molecule has 0 aliphatic rings. The minimum absolute atomic E-state index is 0.0636.